The number of esters is 1. The lowest BCUT2D eigenvalue weighted by Gasteiger charge is -2.22. The Balaban J connectivity index is 2.42. The molecule has 1 aliphatic heterocycles. The summed E-state index contributed by atoms with van der Waals surface area (Å²) >= 11 is 0. The van der Waals surface area contributed by atoms with Gasteiger partial charge in [0, 0.05) is 6.07 Å². The van der Waals surface area contributed by atoms with Crippen LogP contribution in [-0.2, 0) is 4.79 Å². The van der Waals surface area contributed by atoms with Crippen LogP contribution in [0.3, 0.4) is 0 Å². The summed E-state index contributed by atoms with van der Waals surface area (Å²) in [6.07, 6.45) is 0. The van der Waals surface area contributed by atoms with Gasteiger partial charge in [-0.2, -0.15) is 0 Å². The van der Waals surface area contributed by atoms with Crippen LogP contribution < -0.4 is 10.1 Å². The molecular formula is C9H8FNO2. The van der Waals surface area contributed by atoms with Crippen LogP contribution in [-0.4, -0.2) is 12.0 Å². The second-order valence-corrected chi connectivity index (χ2v) is 2.93. The summed E-state index contributed by atoms with van der Waals surface area (Å²) in [6, 6.07) is 3.68. The highest BCUT2D eigenvalue weighted by Gasteiger charge is 2.23. The van der Waals surface area contributed by atoms with E-state index in [4.69, 9.17) is 4.74 Å². The number of fused-ring (bicyclic) bond motifs is 1. The predicted molar refractivity (Wildman–Crippen MR) is 45.1 cm³/mol. The first-order valence-electron chi connectivity index (χ1n) is 3.94. The Morgan fingerprint density at radius 3 is 3.08 bits per heavy atom. The van der Waals surface area contributed by atoms with Crippen molar-refractivity contribution in [2.75, 3.05) is 5.32 Å². The third-order valence-electron chi connectivity index (χ3n) is 1.88. The molecule has 0 aliphatic carbocycles. The number of hydrogen-bond acceptors (Lipinski definition) is 3. The molecule has 13 heavy (non-hydrogen) atoms. The van der Waals surface area contributed by atoms with Gasteiger partial charge < -0.3 is 10.1 Å². The predicted octanol–water partition coefficient (Wildman–Crippen LogP) is 1.55. The van der Waals surface area contributed by atoms with Crippen LogP contribution in [0.4, 0.5) is 10.1 Å². The summed E-state index contributed by atoms with van der Waals surface area (Å²) in [6.45, 7) is 1.69. The lowest BCUT2D eigenvalue weighted by molar-refractivity contribution is -0.135. The lowest BCUT2D eigenvalue weighted by atomic mass is 10.2. The van der Waals surface area contributed by atoms with Crippen molar-refractivity contribution in [1.29, 1.82) is 0 Å². The van der Waals surface area contributed by atoms with Gasteiger partial charge in [0.15, 0.2) is 5.75 Å². The number of anilines is 1. The van der Waals surface area contributed by atoms with Gasteiger partial charge in [0.2, 0.25) is 0 Å². The maximum Gasteiger partial charge on any atom is 0.333 e. The topological polar surface area (TPSA) is 38.3 Å². The Hall–Kier alpha value is -1.58. The number of carbonyl (C=O) groups is 1. The Morgan fingerprint density at radius 1 is 1.54 bits per heavy atom. The number of ether oxygens (including phenoxy) is 1. The van der Waals surface area contributed by atoms with Crippen LogP contribution in [0, 0.1) is 5.82 Å². The minimum atomic E-state index is -0.414. The Labute approximate surface area is 74.5 Å². The maximum atomic E-state index is 12.7. The molecule has 3 nitrogen and oxygen atoms in total. The highest BCUT2D eigenvalue weighted by molar-refractivity contribution is 5.86. The SMILES string of the molecule is CC1Nc2ccc(F)cc2OC1=O. The smallest absolute Gasteiger partial charge is 0.333 e. The zero-order chi connectivity index (χ0) is 9.42. The molecule has 0 saturated carbocycles. The van der Waals surface area contributed by atoms with Crippen molar-refractivity contribution >= 4 is 11.7 Å². The number of nitrogens with one attached hydrogen (secondary N) is 1. The van der Waals surface area contributed by atoms with Crippen LogP contribution >= 0.6 is 0 Å². The van der Waals surface area contributed by atoms with E-state index in [-0.39, 0.29) is 11.8 Å². The van der Waals surface area contributed by atoms with Gasteiger partial charge in [-0.25, -0.2) is 9.18 Å². The van der Waals surface area contributed by atoms with Gasteiger partial charge in [-0.15, -0.1) is 0 Å². The van der Waals surface area contributed by atoms with Crippen molar-refractivity contribution in [3.63, 3.8) is 0 Å². The van der Waals surface area contributed by atoms with Gasteiger partial charge >= 0.3 is 5.97 Å². The van der Waals surface area contributed by atoms with Gasteiger partial charge in [-0.3, -0.25) is 0 Å². The van der Waals surface area contributed by atoms with Crippen molar-refractivity contribution in [1.82, 2.24) is 0 Å². The molecular weight excluding hydrogens is 173 g/mol. The largest absolute Gasteiger partial charge is 0.423 e. The Bertz CT molecular complexity index is 365. The van der Waals surface area contributed by atoms with E-state index in [0.29, 0.717) is 5.69 Å². The van der Waals surface area contributed by atoms with Gasteiger partial charge in [-0.1, -0.05) is 0 Å². The number of halogens is 1. The highest BCUT2D eigenvalue weighted by Crippen LogP contribution is 2.29. The van der Waals surface area contributed by atoms with E-state index in [1.54, 1.807) is 13.0 Å². The minimum absolute atomic E-state index is 0.253. The summed E-state index contributed by atoms with van der Waals surface area (Å²) in [5.74, 6) is -0.552. The summed E-state index contributed by atoms with van der Waals surface area (Å²) < 4.78 is 17.6. The molecule has 1 aromatic rings. The summed E-state index contributed by atoms with van der Waals surface area (Å²) in [5.41, 5.74) is 0.647. The number of rotatable bonds is 0. The van der Waals surface area contributed by atoms with E-state index in [1.807, 2.05) is 0 Å². The number of carbonyl (C=O) groups excluding carboxylic acids is 1. The van der Waals surface area contributed by atoms with E-state index in [2.05, 4.69) is 5.32 Å². The first-order chi connectivity index (χ1) is 6.16. The molecule has 0 saturated heterocycles. The monoisotopic (exact) mass is 181 g/mol. The third kappa shape index (κ3) is 1.35. The van der Waals surface area contributed by atoms with Gasteiger partial charge in [0.1, 0.15) is 11.9 Å². The van der Waals surface area contributed by atoms with Crippen molar-refractivity contribution in [2.24, 2.45) is 0 Å². The third-order valence-corrected chi connectivity index (χ3v) is 1.88. The summed E-state index contributed by atoms with van der Waals surface area (Å²) in [5, 5.41) is 2.90. The molecule has 0 spiro atoms. The van der Waals surface area contributed by atoms with Crippen LogP contribution in [0.5, 0.6) is 5.75 Å². The molecule has 4 heteroatoms. The molecule has 1 unspecified atom stereocenters. The molecule has 0 bridgehead atoms. The van der Waals surface area contributed by atoms with E-state index in [9.17, 15) is 9.18 Å². The second kappa shape index (κ2) is 2.73. The average Bonchev–Trinajstić information content (AvgIpc) is 2.08. The van der Waals surface area contributed by atoms with Crippen LogP contribution in [0.1, 0.15) is 6.92 Å². The van der Waals surface area contributed by atoms with Crippen molar-refractivity contribution < 1.29 is 13.9 Å². The zero-order valence-corrected chi connectivity index (χ0v) is 7.00. The molecule has 0 fully saturated rings. The first kappa shape index (κ1) is 8.04. The molecule has 1 atom stereocenters. The van der Waals surface area contributed by atoms with Crippen molar-refractivity contribution in [2.45, 2.75) is 13.0 Å². The number of hydrogen-bond donors (Lipinski definition) is 1. The van der Waals surface area contributed by atoms with Gasteiger partial charge in [-0.05, 0) is 19.1 Å². The van der Waals surface area contributed by atoms with Crippen molar-refractivity contribution in [3.05, 3.63) is 24.0 Å². The Kier molecular flexibility index (Phi) is 1.69. The molecule has 0 radical (unpaired) electrons. The number of benzene rings is 1. The van der Waals surface area contributed by atoms with Gasteiger partial charge in [0.25, 0.3) is 0 Å². The normalized spacial score (nSPS) is 20.2. The van der Waals surface area contributed by atoms with Crippen LogP contribution in [0.25, 0.3) is 0 Å². The van der Waals surface area contributed by atoms with Crippen LogP contribution in [0.2, 0.25) is 0 Å². The molecule has 2 rings (SSSR count). The fraction of sp³-hybridized carbons (Fsp3) is 0.222. The second-order valence-electron chi connectivity index (χ2n) is 2.93. The molecule has 1 aromatic carbocycles. The summed E-state index contributed by atoms with van der Waals surface area (Å²) in [7, 11) is 0. The fourth-order valence-corrected chi connectivity index (χ4v) is 1.19. The average molecular weight is 181 g/mol. The lowest BCUT2D eigenvalue weighted by Crippen LogP contribution is -2.34. The molecule has 1 heterocycles. The van der Waals surface area contributed by atoms with Crippen LogP contribution in [0.15, 0.2) is 18.2 Å². The van der Waals surface area contributed by atoms with E-state index < -0.39 is 11.8 Å². The molecule has 0 aromatic heterocycles. The fourth-order valence-electron chi connectivity index (χ4n) is 1.19. The Morgan fingerprint density at radius 2 is 2.31 bits per heavy atom. The zero-order valence-electron chi connectivity index (χ0n) is 7.00. The standard InChI is InChI=1S/C9H8FNO2/c1-5-9(12)13-8-4-6(10)2-3-7(8)11-5/h2-5,11H,1H3. The summed E-state index contributed by atoms with van der Waals surface area (Å²) in [4.78, 5) is 11.1. The van der Waals surface area contributed by atoms with E-state index in [1.165, 1.54) is 12.1 Å². The maximum absolute atomic E-state index is 12.7. The molecule has 1 N–H and O–H groups in total. The van der Waals surface area contributed by atoms with E-state index >= 15 is 0 Å². The van der Waals surface area contributed by atoms with E-state index in [0.717, 1.165) is 0 Å². The molecule has 68 valence electrons. The molecule has 1 aliphatic rings. The quantitative estimate of drug-likeness (QED) is 0.487. The van der Waals surface area contributed by atoms with Gasteiger partial charge in [0.05, 0.1) is 5.69 Å². The molecule has 0 amide bonds. The first-order valence-corrected chi connectivity index (χ1v) is 3.94. The van der Waals surface area contributed by atoms with Crippen molar-refractivity contribution in [3.8, 4) is 5.75 Å². The highest BCUT2D eigenvalue weighted by atomic mass is 19.1. The minimum Gasteiger partial charge on any atom is -0.423 e.